The Hall–Kier alpha value is -0.930. The fourth-order valence-corrected chi connectivity index (χ4v) is 3.31. The summed E-state index contributed by atoms with van der Waals surface area (Å²) in [5.74, 6) is 0. The summed E-state index contributed by atoms with van der Waals surface area (Å²) in [6.07, 6.45) is 16.1. The van der Waals surface area contributed by atoms with Gasteiger partial charge in [0.2, 0.25) is 11.4 Å². The lowest BCUT2D eigenvalue weighted by Crippen LogP contribution is -2.42. The van der Waals surface area contributed by atoms with Crippen LogP contribution in [-0.4, -0.2) is 10.2 Å². The number of hydrogen-bond donors (Lipinski definition) is 2. The Morgan fingerprint density at radius 3 is 1.50 bits per heavy atom. The molecule has 0 unspecified atom stereocenters. The largest absolute Gasteiger partial charge is 0.385 e. The average molecular weight is 337 g/mol. The highest BCUT2D eigenvalue weighted by Crippen LogP contribution is 2.12. The van der Waals surface area contributed by atoms with Crippen LogP contribution in [0.25, 0.3) is 0 Å². The monoisotopic (exact) mass is 336 g/mol. The Bertz CT molecular complexity index is 398. The first-order valence-electron chi connectivity index (χ1n) is 10.1. The van der Waals surface area contributed by atoms with Crippen molar-refractivity contribution in [2.45, 2.75) is 104 Å². The molecule has 3 nitrogen and oxygen atoms in total. The SMILES string of the molecule is CCCCCCCCCCCCCC[n+]1c(CO)cccc1CO. The van der Waals surface area contributed by atoms with E-state index in [0.717, 1.165) is 24.4 Å². The van der Waals surface area contributed by atoms with Gasteiger partial charge < -0.3 is 10.2 Å². The summed E-state index contributed by atoms with van der Waals surface area (Å²) in [5.41, 5.74) is 1.79. The van der Waals surface area contributed by atoms with Crippen molar-refractivity contribution < 1.29 is 14.8 Å². The summed E-state index contributed by atoms with van der Waals surface area (Å²) in [7, 11) is 0. The van der Waals surface area contributed by atoms with Crippen molar-refractivity contribution in [3.63, 3.8) is 0 Å². The normalized spacial score (nSPS) is 11.1. The van der Waals surface area contributed by atoms with Crippen LogP contribution in [0.15, 0.2) is 18.2 Å². The Labute approximate surface area is 148 Å². The van der Waals surface area contributed by atoms with Crippen molar-refractivity contribution in [2.75, 3.05) is 0 Å². The molecule has 2 N–H and O–H groups in total. The van der Waals surface area contributed by atoms with Gasteiger partial charge in [-0.2, -0.15) is 4.57 Å². The Kier molecular flexibility index (Phi) is 12.7. The molecule has 0 saturated carbocycles. The number of unbranched alkanes of at least 4 members (excludes halogenated alkanes) is 11. The van der Waals surface area contributed by atoms with E-state index >= 15 is 0 Å². The van der Waals surface area contributed by atoms with Crippen molar-refractivity contribution in [3.8, 4) is 0 Å². The summed E-state index contributed by atoms with van der Waals surface area (Å²) >= 11 is 0. The van der Waals surface area contributed by atoms with E-state index in [1.807, 2.05) is 18.2 Å². The van der Waals surface area contributed by atoms with E-state index in [4.69, 9.17) is 0 Å². The van der Waals surface area contributed by atoms with E-state index in [2.05, 4.69) is 11.5 Å². The van der Waals surface area contributed by atoms with Crippen LogP contribution < -0.4 is 4.57 Å². The van der Waals surface area contributed by atoms with Gasteiger partial charge in [-0.25, -0.2) is 0 Å². The van der Waals surface area contributed by atoms with Gasteiger partial charge in [-0.3, -0.25) is 0 Å². The Morgan fingerprint density at radius 1 is 0.667 bits per heavy atom. The van der Waals surface area contributed by atoms with Crippen LogP contribution in [-0.2, 0) is 19.8 Å². The van der Waals surface area contributed by atoms with E-state index in [1.54, 1.807) is 0 Å². The summed E-state index contributed by atoms with van der Waals surface area (Å²) in [4.78, 5) is 0. The maximum atomic E-state index is 9.43. The second-order valence-corrected chi connectivity index (χ2v) is 6.87. The van der Waals surface area contributed by atoms with Gasteiger partial charge in [0, 0.05) is 18.6 Å². The maximum absolute atomic E-state index is 9.43. The third kappa shape index (κ3) is 8.79. The molecule has 0 bridgehead atoms. The number of rotatable bonds is 15. The van der Waals surface area contributed by atoms with Gasteiger partial charge in [0.1, 0.15) is 19.8 Å². The lowest BCUT2D eigenvalue weighted by Gasteiger charge is -2.06. The molecule has 1 rings (SSSR count). The zero-order chi connectivity index (χ0) is 17.5. The lowest BCUT2D eigenvalue weighted by atomic mass is 10.1. The van der Waals surface area contributed by atoms with Gasteiger partial charge in [0.25, 0.3) is 0 Å². The van der Waals surface area contributed by atoms with Gasteiger partial charge in [-0.15, -0.1) is 0 Å². The van der Waals surface area contributed by atoms with Gasteiger partial charge in [-0.1, -0.05) is 71.1 Å². The lowest BCUT2D eigenvalue weighted by molar-refractivity contribution is -0.715. The summed E-state index contributed by atoms with van der Waals surface area (Å²) < 4.78 is 2.07. The number of nitrogens with zero attached hydrogens (tertiary/aromatic N) is 1. The van der Waals surface area contributed by atoms with E-state index in [9.17, 15) is 10.2 Å². The predicted molar refractivity (Wildman–Crippen MR) is 99.6 cm³/mol. The molecule has 0 atom stereocenters. The minimum atomic E-state index is 0.0338. The van der Waals surface area contributed by atoms with Gasteiger partial charge >= 0.3 is 0 Å². The quantitative estimate of drug-likeness (QED) is 0.361. The summed E-state index contributed by atoms with van der Waals surface area (Å²) in [6, 6.07) is 5.76. The van der Waals surface area contributed by atoms with Gasteiger partial charge in [-0.05, 0) is 12.5 Å². The molecule has 0 aliphatic heterocycles. The fourth-order valence-electron chi connectivity index (χ4n) is 3.31. The summed E-state index contributed by atoms with van der Waals surface area (Å²) in [5, 5.41) is 18.9. The Morgan fingerprint density at radius 2 is 1.08 bits per heavy atom. The Balaban J connectivity index is 2.05. The molecular weight excluding hydrogens is 298 g/mol. The number of hydrogen-bond acceptors (Lipinski definition) is 2. The zero-order valence-electron chi connectivity index (χ0n) is 15.7. The van der Waals surface area contributed by atoms with Crippen molar-refractivity contribution in [1.82, 2.24) is 0 Å². The third-order valence-electron chi connectivity index (χ3n) is 4.83. The topological polar surface area (TPSA) is 44.3 Å². The molecular formula is C21H38NO2+. The third-order valence-corrected chi connectivity index (χ3v) is 4.83. The van der Waals surface area contributed by atoms with Crippen molar-refractivity contribution in [3.05, 3.63) is 29.6 Å². The van der Waals surface area contributed by atoms with E-state index in [1.165, 1.54) is 70.6 Å². The molecule has 3 heteroatoms. The molecule has 24 heavy (non-hydrogen) atoms. The van der Waals surface area contributed by atoms with Crippen LogP contribution in [0.2, 0.25) is 0 Å². The second kappa shape index (κ2) is 14.4. The van der Waals surface area contributed by atoms with Crippen LogP contribution in [0.5, 0.6) is 0 Å². The molecule has 0 aliphatic rings. The first-order valence-corrected chi connectivity index (χ1v) is 10.1. The minimum Gasteiger partial charge on any atom is -0.385 e. The number of aliphatic hydroxyl groups is 2. The van der Waals surface area contributed by atoms with Crippen LogP contribution in [0.4, 0.5) is 0 Å². The van der Waals surface area contributed by atoms with Crippen LogP contribution in [0, 0.1) is 0 Å². The van der Waals surface area contributed by atoms with Crippen LogP contribution >= 0.6 is 0 Å². The molecule has 0 spiro atoms. The van der Waals surface area contributed by atoms with Gasteiger partial charge in [0.15, 0.2) is 0 Å². The molecule has 1 aromatic heterocycles. The maximum Gasteiger partial charge on any atom is 0.207 e. The number of aliphatic hydroxyl groups excluding tert-OH is 2. The fraction of sp³-hybridized carbons (Fsp3) is 0.762. The first kappa shape index (κ1) is 21.1. The molecule has 1 aromatic rings. The molecule has 0 radical (unpaired) electrons. The highest BCUT2D eigenvalue weighted by molar-refractivity contribution is 5.02. The van der Waals surface area contributed by atoms with Crippen molar-refractivity contribution >= 4 is 0 Å². The zero-order valence-corrected chi connectivity index (χ0v) is 15.7. The van der Waals surface area contributed by atoms with E-state index < -0.39 is 0 Å². The average Bonchev–Trinajstić information content (AvgIpc) is 2.62. The van der Waals surface area contributed by atoms with E-state index in [0.29, 0.717) is 0 Å². The minimum absolute atomic E-state index is 0.0338. The molecule has 1 heterocycles. The highest BCUT2D eigenvalue weighted by Gasteiger charge is 2.14. The molecule has 0 aliphatic carbocycles. The summed E-state index contributed by atoms with van der Waals surface area (Å²) in [6.45, 7) is 3.23. The van der Waals surface area contributed by atoms with Crippen LogP contribution in [0.1, 0.15) is 95.4 Å². The second-order valence-electron chi connectivity index (χ2n) is 6.87. The number of pyridine rings is 1. The molecule has 0 saturated heterocycles. The van der Waals surface area contributed by atoms with Crippen LogP contribution in [0.3, 0.4) is 0 Å². The number of aromatic nitrogens is 1. The van der Waals surface area contributed by atoms with Gasteiger partial charge in [0.05, 0.1) is 0 Å². The smallest absolute Gasteiger partial charge is 0.207 e. The molecule has 0 amide bonds. The molecule has 0 fully saturated rings. The van der Waals surface area contributed by atoms with Crippen molar-refractivity contribution in [2.24, 2.45) is 0 Å². The van der Waals surface area contributed by atoms with E-state index in [-0.39, 0.29) is 13.2 Å². The van der Waals surface area contributed by atoms with Crippen molar-refractivity contribution in [1.29, 1.82) is 0 Å². The first-order chi connectivity index (χ1) is 11.8. The highest BCUT2D eigenvalue weighted by atomic mass is 16.3. The molecule has 138 valence electrons. The standard InChI is InChI=1S/C21H38NO2/c1-2-3-4-5-6-7-8-9-10-11-12-13-17-22-20(18-23)15-14-16-21(22)19-24/h14-16,23-24H,2-13,17-19H2,1H3/q+1. The molecule has 0 aromatic carbocycles. The predicted octanol–water partition coefficient (Wildman–Crippen LogP) is 4.66.